The lowest BCUT2D eigenvalue weighted by atomic mass is 10.2. The molecule has 0 aliphatic rings. The summed E-state index contributed by atoms with van der Waals surface area (Å²) >= 11 is 0. The van der Waals surface area contributed by atoms with Crippen molar-refractivity contribution in [3.8, 4) is 6.07 Å². The quantitative estimate of drug-likeness (QED) is 0.660. The van der Waals surface area contributed by atoms with Crippen LogP contribution in [0.5, 0.6) is 0 Å². The first kappa shape index (κ1) is 11.8. The number of hydrazone groups is 1. The largest absolute Gasteiger partial charge is 0.279 e. The number of nitrogens with zero attached hydrogens (tertiary/aromatic N) is 2. The number of anilines is 1. The Bertz CT molecular complexity index is 597. The van der Waals surface area contributed by atoms with Crippen LogP contribution >= 0.6 is 0 Å². The number of rotatable bonds is 3. The summed E-state index contributed by atoms with van der Waals surface area (Å²) in [6.45, 7) is 0. The molecule has 0 atom stereocenters. The van der Waals surface area contributed by atoms with Crippen molar-refractivity contribution in [2.45, 2.75) is 0 Å². The predicted molar refractivity (Wildman–Crippen MR) is 68.8 cm³/mol. The van der Waals surface area contributed by atoms with E-state index in [1.54, 1.807) is 36.4 Å². The van der Waals surface area contributed by atoms with E-state index in [9.17, 15) is 4.39 Å². The molecule has 0 fully saturated rings. The van der Waals surface area contributed by atoms with E-state index in [2.05, 4.69) is 10.5 Å². The van der Waals surface area contributed by atoms with Crippen molar-refractivity contribution >= 4 is 11.9 Å². The normalized spacial score (nSPS) is 10.2. The van der Waals surface area contributed by atoms with E-state index in [1.807, 2.05) is 6.07 Å². The Labute approximate surface area is 104 Å². The maximum Gasteiger partial charge on any atom is 0.123 e. The molecule has 0 heterocycles. The summed E-state index contributed by atoms with van der Waals surface area (Å²) in [5, 5.41) is 12.6. The number of hydrogen-bond acceptors (Lipinski definition) is 3. The zero-order valence-electron chi connectivity index (χ0n) is 9.47. The second-order valence-corrected chi connectivity index (χ2v) is 3.61. The van der Waals surface area contributed by atoms with Gasteiger partial charge in [0.05, 0.1) is 23.5 Å². The van der Waals surface area contributed by atoms with E-state index in [0.717, 1.165) is 5.69 Å². The number of nitriles is 1. The number of hydrogen-bond donors (Lipinski definition) is 1. The maximum atomic E-state index is 12.9. The molecule has 3 nitrogen and oxygen atoms in total. The molecular formula is C14H10FN3. The Balaban J connectivity index is 2.00. The van der Waals surface area contributed by atoms with Gasteiger partial charge in [0.1, 0.15) is 5.82 Å². The van der Waals surface area contributed by atoms with Crippen LogP contribution in [0.1, 0.15) is 11.1 Å². The van der Waals surface area contributed by atoms with E-state index < -0.39 is 0 Å². The standard InChI is InChI=1S/C14H10FN3/c15-13-3-1-2-12(8-13)10-17-18-14-6-4-11(9-16)5-7-14/h1-8,10,18H/b17-10+. The Hall–Kier alpha value is -2.67. The third kappa shape index (κ3) is 3.16. The minimum atomic E-state index is -0.294. The monoisotopic (exact) mass is 239 g/mol. The van der Waals surface area contributed by atoms with Crippen molar-refractivity contribution in [3.63, 3.8) is 0 Å². The molecule has 0 unspecified atom stereocenters. The molecule has 4 heteroatoms. The molecule has 0 bridgehead atoms. The van der Waals surface area contributed by atoms with Crippen LogP contribution < -0.4 is 5.43 Å². The molecule has 0 aliphatic heterocycles. The minimum absolute atomic E-state index is 0.294. The van der Waals surface area contributed by atoms with Crippen molar-refractivity contribution in [1.82, 2.24) is 0 Å². The lowest BCUT2D eigenvalue weighted by Gasteiger charge is -1.99. The topological polar surface area (TPSA) is 48.2 Å². The lowest BCUT2D eigenvalue weighted by molar-refractivity contribution is 0.627. The number of halogens is 1. The molecule has 2 aromatic carbocycles. The van der Waals surface area contributed by atoms with Gasteiger partial charge in [0.25, 0.3) is 0 Å². The molecular weight excluding hydrogens is 229 g/mol. The molecule has 2 rings (SSSR count). The molecule has 18 heavy (non-hydrogen) atoms. The van der Waals surface area contributed by atoms with Gasteiger partial charge >= 0.3 is 0 Å². The number of nitrogens with one attached hydrogen (secondary N) is 1. The highest BCUT2D eigenvalue weighted by Gasteiger charge is 1.92. The van der Waals surface area contributed by atoms with Crippen LogP contribution in [-0.2, 0) is 0 Å². The van der Waals surface area contributed by atoms with Crippen LogP contribution in [-0.4, -0.2) is 6.21 Å². The molecule has 0 saturated heterocycles. The first-order chi connectivity index (χ1) is 8.78. The van der Waals surface area contributed by atoms with Crippen molar-refractivity contribution in [1.29, 1.82) is 5.26 Å². The van der Waals surface area contributed by atoms with Gasteiger partial charge in [-0.1, -0.05) is 12.1 Å². The molecule has 0 radical (unpaired) electrons. The summed E-state index contributed by atoms with van der Waals surface area (Å²) in [5.41, 5.74) is 4.84. The first-order valence-electron chi connectivity index (χ1n) is 5.33. The van der Waals surface area contributed by atoms with Gasteiger partial charge in [-0.15, -0.1) is 0 Å². The first-order valence-corrected chi connectivity index (χ1v) is 5.33. The van der Waals surface area contributed by atoms with Crippen molar-refractivity contribution in [2.24, 2.45) is 5.10 Å². The van der Waals surface area contributed by atoms with E-state index in [4.69, 9.17) is 5.26 Å². The number of benzene rings is 2. The van der Waals surface area contributed by atoms with Crippen LogP contribution in [0.25, 0.3) is 0 Å². The highest BCUT2D eigenvalue weighted by molar-refractivity contribution is 5.80. The highest BCUT2D eigenvalue weighted by atomic mass is 19.1. The fraction of sp³-hybridized carbons (Fsp3) is 0. The van der Waals surface area contributed by atoms with Crippen molar-refractivity contribution in [3.05, 3.63) is 65.5 Å². The summed E-state index contributed by atoms with van der Waals surface area (Å²) in [5.74, 6) is -0.294. The fourth-order valence-electron chi connectivity index (χ4n) is 1.39. The zero-order chi connectivity index (χ0) is 12.8. The van der Waals surface area contributed by atoms with Gasteiger partial charge < -0.3 is 0 Å². The van der Waals surface area contributed by atoms with Gasteiger partial charge in [-0.05, 0) is 42.0 Å². The van der Waals surface area contributed by atoms with Gasteiger partial charge in [0.2, 0.25) is 0 Å². The minimum Gasteiger partial charge on any atom is -0.279 e. The van der Waals surface area contributed by atoms with Crippen LogP contribution in [0.2, 0.25) is 0 Å². The van der Waals surface area contributed by atoms with Crippen molar-refractivity contribution in [2.75, 3.05) is 5.43 Å². The smallest absolute Gasteiger partial charge is 0.123 e. The summed E-state index contributed by atoms with van der Waals surface area (Å²) in [6, 6.07) is 15.1. The van der Waals surface area contributed by atoms with Crippen LogP contribution in [0.4, 0.5) is 10.1 Å². The van der Waals surface area contributed by atoms with E-state index in [0.29, 0.717) is 11.1 Å². The zero-order valence-corrected chi connectivity index (χ0v) is 9.47. The van der Waals surface area contributed by atoms with Crippen LogP contribution in [0.15, 0.2) is 53.6 Å². The predicted octanol–water partition coefficient (Wildman–Crippen LogP) is 3.14. The van der Waals surface area contributed by atoms with Gasteiger partial charge in [-0.2, -0.15) is 10.4 Å². The molecule has 0 aliphatic carbocycles. The second-order valence-electron chi connectivity index (χ2n) is 3.61. The Morgan fingerprint density at radius 2 is 1.94 bits per heavy atom. The van der Waals surface area contributed by atoms with Crippen molar-refractivity contribution < 1.29 is 4.39 Å². The molecule has 88 valence electrons. The van der Waals surface area contributed by atoms with E-state index in [1.165, 1.54) is 18.3 Å². The third-order valence-electron chi connectivity index (χ3n) is 2.27. The van der Waals surface area contributed by atoms with E-state index >= 15 is 0 Å². The molecule has 2 aromatic rings. The summed E-state index contributed by atoms with van der Waals surface area (Å²) < 4.78 is 12.9. The molecule has 0 spiro atoms. The van der Waals surface area contributed by atoms with Gasteiger partial charge in [0.15, 0.2) is 0 Å². The van der Waals surface area contributed by atoms with Gasteiger partial charge in [-0.3, -0.25) is 5.43 Å². The van der Waals surface area contributed by atoms with Gasteiger partial charge in [0, 0.05) is 0 Å². The Kier molecular flexibility index (Phi) is 3.67. The summed E-state index contributed by atoms with van der Waals surface area (Å²) in [4.78, 5) is 0. The lowest BCUT2D eigenvalue weighted by Crippen LogP contribution is -1.91. The Morgan fingerprint density at radius 1 is 1.17 bits per heavy atom. The van der Waals surface area contributed by atoms with Crippen LogP contribution in [0.3, 0.4) is 0 Å². The fourth-order valence-corrected chi connectivity index (χ4v) is 1.39. The average molecular weight is 239 g/mol. The Morgan fingerprint density at radius 3 is 2.61 bits per heavy atom. The van der Waals surface area contributed by atoms with Crippen LogP contribution in [0, 0.1) is 17.1 Å². The molecule has 1 N–H and O–H groups in total. The van der Waals surface area contributed by atoms with E-state index in [-0.39, 0.29) is 5.82 Å². The SMILES string of the molecule is N#Cc1ccc(N/N=C/c2cccc(F)c2)cc1. The molecule has 0 aromatic heterocycles. The molecule has 0 saturated carbocycles. The van der Waals surface area contributed by atoms with Gasteiger partial charge in [-0.25, -0.2) is 4.39 Å². The second kappa shape index (κ2) is 5.60. The maximum absolute atomic E-state index is 12.9. The summed E-state index contributed by atoms with van der Waals surface area (Å²) in [6.07, 6.45) is 1.53. The highest BCUT2D eigenvalue weighted by Crippen LogP contribution is 2.08. The average Bonchev–Trinajstić information content (AvgIpc) is 2.40. The summed E-state index contributed by atoms with van der Waals surface area (Å²) in [7, 11) is 0. The third-order valence-corrected chi connectivity index (χ3v) is 2.27. The molecule has 0 amide bonds.